The van der Waals surface area contributed by atoms with Gasteiger partial charge in [0.15, 0.2) is 0 Å². The van der Waals surface area contributed by atoms with Crippen LogP contribution in [0.4, 0.5) is 0 Å². The van der Waals surface area contributed by atoms with Gasteiger partial charge in [-0.3, -0.25) is 0 Å². The van der Waals surface area contributed by atoms with Crippen LogP contribution < -0.4 is 0 Å². The number of hydrogen-bond donors (Lipinski definition) is 3. The van der Waals surface area contributed by atoms with Gasteiger partial charge < -0.3 is 17.5 Å². The molecule has 0 unspecified atom stereocenters. The smallest absolute Gasteiger partial charge is 1.00 e. The van der Waals surface area contributed by atoms with Crippen molar-refractivity contribution in [2.24, 2.45) is 0 Å². The fraction of sp³-hybridized carbons (Fsp3) is 0. The molecule has 0 aromatic heterocycles. The van der Waals surface area contributed by atoms with E-state index in [-0.39, 0.29) is 43.0 Å². The standard InChI is InChI=1S/Fe.Mg.H3O4P.2H/c;;1-5(2,3)4;;/h;;(H3,1,2,3,4);;/q;+2;;2*-1. The van der Waals surface area contributed by atoms with Crippen molar-refractivity contribution in [3.63, 3.8) is 0 Å². The van der Waals surface area contributed by atoms with E-state index in [1.165, 1.54) is 0 Å². The van der Waals surface area contributed by atoms with E-state index >= 15 is 0 Å². The Kier molecular flexibility index (Phi) is 12.5. The number of hydrogen-bond acceptors (Lipinski definition) is 1. The summed E-state index contributed by atoms with van der Waals surface area (Å²) >= 11 is 0. The van der Waals surface area contributed by atoms with Crippen molar-refractivity contribution >= 4 is 30.9 Å². The summed E-state index contributed by atoms with van der Waals surface area (Å²) < 4.78 is 8.88. The summed E-state index contributed by atoms with van der Waals surface area (Å²) in [5, 5.41) is 0. The van der Waals surface area contributed by atoms with Crippen LogP contribution in [0.3, 0.4) is 0 Å². The molecule has 0 radical (unpaired) electrons. The predicted octanol–water partition coefficient (Wildman–Crippen LogP) is -1.09. The summed E-state index contributed by atoms with van der Waals surface area (Å²) in [4.78, 5) is 21.6. The Morgan fingerprint density at radius 1 is 1.29 bits per heavy atom. The molecule has 0 aromatic rings. The molecule has 7 heavy (non-hydrogen) atoms. The molecule has 0 aliphatic heterocycles. The van der Waals surface area contributed by atoms with E-state index in [0.29, 0.717) is 0 Å². The van der Waals surface area contributed by atoms with Crippen LogP contribution in [-0.4, -0.2) is 37.7 Å². The Morgan fingerprint density at radius 3 is 1.29 bits per heavy atom. The van der Waals surface area contributed by atoms with Crippen LogP contribution in [-0.2, 0) is 21.6 Å². The molecule has 0 spiro atoms. The Labute approximate surface area is 70.1 Å². The largest absolute Gasteiger partial charge is 2.00 e. The maximum Gasteiger partial charge on any atom is 2.00 e. The molecular weight excluding hydrogens is 175 g/mol. The first-order chi connectivity index (χ1) is 2.00. The molecule has 7 heteroatoms. The van der Waals surface area contributed by atoms with Crippen LogP contribution in [0.15, 0.2) is 0 Å². The van der Waals surface area contributed by atoms with Crippen LogP contribution in [0.5, 0.6) is 0 Å². The average molecular weight is 180 g/mol. The summed E-state index contributed by atoms with van der Waals surface area (Å²) in [7, 11) is -4.64. The van der Waals surface area contributed by atoms with Crippen LogP contribution in [0, 0.1) is 0 Å². The minimum absolute atomic E-state index is 0. The molecule has 0 rings (SSSR count). The Morgan fingerprint density at radius 2 is 1.29 bits per heavy atom. The van der Waals surface area contributed by atoms with E-state index in [2.05, 4.69) is 0 Å². The van der Waals surface area contributed by atoms with Gasteiger partial charge in [-0.15, -0.1) is 0 Å². The maximum absolute atomic E-state index is 8.88. The molecule has 4 nitrogen and oxygen atoms in total. The van der Waals surface area contributed by atoms with Gasteiger partial charge >= 0.3 is 30.9 Å². The van der Waals surface area contributed by atoms with E-state index in [9.17, 15) is 0 Å². The first-order valence-electron chi connectivity index (χ1n) is 0.783. The molecule has 0 aromatic carbocycles. The molecular formula is H5FeMgO4P. The summed E-state index contributed by atoms with van der Waals surface area (Å²) in [6.45, 7) is 0. The normalized spacial score (nSPS) is 8.43. The second-order valence-corrected chi connectivity index (χ2v) is 1.54. The first-order valence-corrected chi connectivity index (χ1v) is 2.35. The van der Waals surface area contributed by atoms with Gasteiger partial charge in [0.1, 0.15) is 0 Å². The zero-order valence-electron chi connectivity index (χ0n) is 5.26. The van der Waals surface area contributed by atoms with Crippen LogP contribution in [0.1, 0.15) is 2.85 Å². The third-order valence-electron chi connectivity index (χ3n) is 0. The zero-order valence-corrected chi connectivity index (χ0v) is 6.67. The van der Waals surface area contributed by atoms with Gasteiger partial charge in [-0.2, -0.15) is 0 Å². The minimum Gasteiger partial charge on any atom is -1.00 e. The van der Waals surface area contributed by atoms with Crippen molar-refractivity contribution in [2.45, 2.75) is 0 Å². The van der Waals surface area contributed by atoms with Gasteiger partial charge in [0.05, 0.1) is 0 Å². The van der Waals surface area contributed by atoms with E-state index < -0.39 is 7.82 Å². The quantitative estimate of drug-likeness (QED) is 0.327. The number of phosphoric acid groups is 1. The van der Waals surface area contributed by atoms with Gasteiger partial charge in [0.2, 0.25) is 0 Å². The average Bonchev–Trinajstić information content (AvgIpc) is 0.722. The van der Waals surface area contributed by atoms with E-state index in [4.69, 9.17) is 19.2 Å². The van der Waals surface area contributed by atoms with E-state index in [0.717, 1.165) is 0 Å². The molecule has 44 valence electrons. The Bertz CT molecular complexity index is 64.7. The van der Waals surface area contributed by atoms with Crippen LogP contribution in [0.25, 0.3) is 0 Å². The molecule has 0 heterocycles. The molecule has 0 bridgehead atoms. The molecule has 0 saturated heterocycles. The molecule has 0 aliphatic rings. The Balaban J connectivity index is -0.0000000133. The van der Waals surface area contributed by atoms with Crippen LogP contribution in [0.2, 0.25) is 0 Å². The Hall–Kier alpha value is 1.40. The molecule has 0 amide bonds. The topological polar surface area (TPSA) is 77.8 Å². The third kappa shape index (κ3) is 111. The van der Waals surface area contributed by atoms with Gasteiger partial charge in [0.25, 0.3) is 0 Å². The van der Waals surface area contributed by atoms with Gasteiger partial charge in [-0.05, 0) is 0 Å². The van der Waals surface area contributed by atoms with Gasteiger partial charge in [-0.1, -0.05) is 0 Å². The van der Waals surface area contributed by atoms with Crippen molar-refractivity contribution in [3.8, 4) is 0 Å². The minimum atomic E-state index is -4.64. The molecule has 0 saturated carbocycles. The summed E-state index contributed by atoms with van der Waals surface area (Å²) in [5.41, 5.74) is 0. The monoisotopic (exact) mass is 180 g/mol. The third-order valence-corrected chi connectivity index (χ3v) is 0. The second-order valence-electron chi connectivity index (χ2n) is 0.513. The van der Waals surface area contributed by atoms with Crippen molar-refractivity contribution in [3.05, 3.63) is 0 Å². The summed E-state index contributed by atoms with van der Waals surface area (Å²) in [6.07, 6.45) is 0. The predicted molar refractivity (Wildman–Crippen MR) is 22.2 cm³/mol. The first kappa shape index (κ1) is 15.8. The molecule has 0 fully saturated rings. The number of rotatable bonds is 0. The second kappa shape index (κ2) is 5.53. The summed E-state index contributed by atoms with van der Waals surface area (Å²) in [5.74, 6) is 0. The molecule has 3 N–H and O–H groups in total. The fourth-order valence-electron chi connectivity index (χ4n) is 0. The van der Waals surface area contributed by atoms with Gasteiger partial charge in [0, 0.05) is 17.1 Å². The van der Waals surface area contributed by atoms with Gasteiger partial charge in [-0.25, -0.2) is 4.57 Å². The summed E-state index contributed by atoms with van der Waals surface area (Å²) in [6, 6.07) is 0. The molecule has 0 atom stereocenters. The molecule has 0 aliphatic carbocycles. The fourth-order valence-corrected chi connectivity index (χ4v) is 0. The van der Waals surface area contributed by atoms with Crippen molar-refractivity contribution in [1.82, 2.24) is 0 Å². The van der Waals surface area contributed by atoms with Crippen molar-refractivity contribution in [1.29, 1.82) is 0 Å². The van der Waals surface area contributed by atoms with Crippen LogP contribution >= 0.6 is 7.82 Å². The zero-order chi connectivity index (χ0) is 4.50. The van der Waals surface area contributed by atoms with E-state index in [1.807, 2.05) is 0 Å². The maximum atomic E-state index is 8.88. The van der Waals surface area contributed by atoms with Crippen molar-refractivity contribution in [2.75, 3.05) is 0 Å². The van der Waals surface area contributed by atoms with Crippen molar-refractivity contribution < 1.29 is 39.2 Å². The SMILES string of the molecule is O=P(O)(O)O.[Fe].[H-].[H-].[Mg+2]. The van der Waals surface area contributed by atoms with E-state index in [1.54, 1.807) is 0 Å².